The van der Waals surface area contributed by atoms with Gasteiger partial charge in [-0.1, -0.05) is 0 Å². The van der Waals surface area contributed by atoms with E-state index in [4.69, 9.17) is 25.5 Å². The summed E-state index contributed by atoms with van der Waals surface area (Å²) in [5.41, 5.74) is 0. The third-order valence-corrected chi connectivity index (χ3v) is 2.97. The van der Waals surface area contributed by atoms with Crippen molar-refractivity contribution in [3.05, 3.63) is 0 Å². The van der Waals surface area contributed by atoms with Gasteiger partial charge < -0.3 is 45.6 Å². The van der Waals surface area contributed by atoms with Gasteiger partial charge in [0.2, 0.25) is 11.9 Å². The molecule has 0 heterocycles. The normalized spacial score (nSPS) is 18.3. The van der Waals surface area contributed by atoms with Crippen LogP contribution in [0.4, 0.5) is 0 Å². The summed E-state index contributed by atoms with van der Waals surface area (Å²) in [6.45, 7) is -0.931. The van der Waals surface area contributed by atoms with Crippen molar-refractivity contribution in [3.8, 4) is 0 Å². The number of ketones is 1. The molecule has 0 amide bonds. The zero-order chi connectivity index (χ0) is 19.9. The monoisotopic (exact) mass is 370 g/mol. The summed E-state index contributed by atoms with van der Waals surface area (Å²) in [4.78, 5) is 44.4. The second-order valence-electron chi connectivity index (χ2n) is 4.87. The maximum absolute atomic E-state index is 11.5. The molecule has 0 radical (unpaired) electrons. The molecule has 0 aliphatic carbocycles. The first kappa shape index (κ1) is 22.8. The van der Waals surface area contributed by atoms with Crippen molar-refractivity contribution in [1.82, 2.24) is 0 Å². The molecule has 0 saturated carbocycles. The van der Waals surface area contributed by atoms with Crippen molar-refractivity contribution in [3.63, 3.8) is 0 Å². The SMILES string of the molecule is O=C(C[C@H](O)[C@@H](O)CO)C(=O)O[C@H](C(=O)O)[C@H](O)[C@H](O)[C@@H](O)C(=O)O. The van der Waals surface area contributed by atoms with Gasteiger partial charge >= 0.3 is 17.9 Å². The van der Waals surface area contributed by atoms with E-state index in [0.717, 1.165) is 0 Å². The summed E-state index contributed by atoms with van der Waals surface area (Å²) < 4.78 is 4.14. The fraction of sp³-hybridized carbons (Fsp3) is 0.667. The fourth-order valence-corrected chi connectivity index (χ4v) is 1.49. The Labute approximate surface area is 139 Å². The molecule has 0 unspecified atom stereocenters. The van der Waals surface area contributed by atoms with Crippen LogP contribution in [-0.4, -0.2) is 108 Å². The van der Waals surface area contributed by atoms with Crippen molar-refractivity contribution >= 4 is 23.7 Å². The summed E-state index contributed by atoms with van der Waals surface area (Å²) >= 11 is 0. The minimum absolute atomic E-state index is 0.931. The average Bonchev–Trinajstić information content (AvgIpc) is 2.55. The van der Waals surface area contributed by atoms with Gasteiger partial charge in [0.05, 0.1) is 12.7 Å². The Kier molecular flexibility index (Phi) is 9.11. The van der Waals surface area contributed by atoms with Crippen LogP contribution in [0.5, 0.6) is 0 Å². The Bertz CT molecular complexity index is 503. The van der Waals surface area contributed by atoms with Crippen LogP contribution < -0.4 is 0 Å². The molecule has 8 N–H and O–H groups in total. The van der Waals surface area contributed by atoms with E-state index in [1.54, 1.807) is 0 Å². The molecule has 13 nitrogen and oxygen atoms in total. The second kappa shape index (κ2) is 9.97. The Hall–Kier alpha value is -2.16. The number of carbonyl (C=O) groups excluding carboxylic acids is 2. The summed E-state index contributed by atoms with van der Waals surface area (Å²) in [5, 5.41) is 72.1. The lowest BCUT2D eigenvalue weighted by molar-refractivity contribution is -0.186. The van der Waals surface area contributed by atoms with Crippen LogP contribution in [0.1, 0.15) is 6.42 Å². The molecule has 0 aliphatic heterocycles. The Morgan fingerprint density at radius 3 is 1.72 bits per heavy atom. The zero-order valence-electron chi connectivity index (χ0n) is 12.5. The predicted molar refractivity (Wildman–Crippen MR) is 71.9 cm³/mol. The number of hydrogen-bond acceptors (Lipinski definition) is 11. The number of aliphatic hydroxyl groups excluding tert-OH is 6. The van der Waals surface area contributed by atoms with Crippen LogP contribution in [0, 0.1) is 0 Å². The van der Waals surface area contributed by atoms with Crippen LogP contribution in [0.25, 0.3) is 0 Å². The van der Waals surface area contributed by atoms with Gasteiger partial charge in [-0.15, -0.1) is 0 Å². The summed E-state index contributed by atoms with van der Waals surface area (Å²) in [6.07, 6.45) is -15.1. The van der Waals surface area contributed by atoms with Crippen molar-refractivity contribution in [2.24, 2.45) is 0 Å². The number of esters is 1. The van der Waals surface area contributed by atoms with Crippen LogP contribution in [0.2, 0.25) is 0 Å². The molecule has 0 aromatic rings. The van der Waals surface area contributed by atoms with Crippen molar-refractivity contribution in [1.29, 1.82) is 0 Å². The Balaban J connectivity index is 5.02. The van der Waals surface area contributed by atoms with Gasteiger partial charge in [0, 0.05) is 6.42 Å². The summed E-state index contributed by atoms with van der Waals surface area (Å²) in [7, 11) is 0. The lowest BCUT2D eigenvalue weighted by atomic mass is 10.0. The third-order valence-electron chi connectivity index (χ3n) is 2.97. The van der Waals surface area contributed by atoms with Crippen molar-refractivity contribution in [2.45, 2.75) is 43.0 Å². The molecule has 0 saturated heterocycles. The number of aliphatic hydroxyl groups is 6. The van der Waals surface area contributed by atoms with E-state index >= 15 is 0 Å². The maximum atomic E-state index is 11.5. The highest BCUT2D eigenvalue weighted by atomic mass is 16.6. The van der Waals surface area contributed by atoms with Crippen LogP contribution >= 0.6 is 0 Å². The van der Waals surface area contributed by atoms with E-state index in [-0.39, 0.29) is 0 Å². The summed E-state index contributed by atoms with van der Waals surface area (Å²) in [5.74, 6) is -7.49. The first-order chi connectivity index (χ1) is 11.4. The van der Waals surface area contributed by atoms with Gasteiger partial charge in [0.1, 0.15) is 18.3 Å². The number of carbonyl (C=O) groups is 4. The van der Waals surface area contributed by atoms with Gasteiger partial charge in [-0.25, -0.2) is 14.4 Å². The topological polar surface area (TPSA) is 239 Å². The predicted octanol–water partition coefficient (Wildman–Crippen LogP) is -5.18. The number of aliphatic carboxylic acids is 2. The largest absolute Gasteiger partial charge is 0.479 e. The minimum Gasteiger partial charge on any atom is -0.479 e. The van der Waals surface area contributed by atoms with Gasteiger partial charge in [0.15, 0.2) is 6.10 Å². The molecule has 0 fully saturated rings. The highest BCUT2D eigenvalue weighted by Gasteiger charge is 2.41. The number of Topliss-reactive ketones (excluding diaryl/α,β-unsaturated/α-hetero) is 1. The molecule has 144 valence electrons. The maximum Gasteiger partial charge on any atom is 0.375 e. The molecule has 0 aromatic carbocycles. The van der Waals surface area contributed by atoms with E-state index < -0.39 is 73.3 Å². The van der Waals surface area contributed by atoms with E-state index in [1.165, 1.54) is 0 Å². The fourth-order valence-electron chi connectivity index (χ4n) is 1.49. The first-order valence-electron chi connectivity index (χ1n) is 6.64. The van der Waals surface area contributed by atoms with Crippen LogP contribution in [0.15, 0.2) is 0 Å². The highest BCUT2D eigenvalue weighted by Crippen LogP contribution is 2.11. The number of rotatable bonds is 11. The molecule has 0 rings (SSSR count). The second-order valence-corrected chi connectivity index (χ2v) is 4.87. The lowest BCUT2D eigenvalue weighted by Gasteiger charge is -2.25. The van der Waals surface area contributed by atoms with E-state index in [1.807, 2.05) is 0 Å². The van der Waals surface area contributed by atoms with E-state index in [9.17, 15) is 34.5 Å². The highest BCUT2D eigenvalue weighted by molar-refractivity contribution is 6.33. The number of carboxylic acid groups (broad SMARTS) is 2. The zero-order valence-corrected chi connectivity index (χ0v) is 12.5. The smallest absolute Gasteiger partial charge is 0.375 e. The van der Waals surface area contributed by atoms with Crippen molar-refractivity contribution in [2.75, 3.05) is 6.61 Å². The molecule has 0 spiro atoms. The number of carboxylic acids is 2. The van der Waals surface area contributed by atoms with Gasteiger partial charge in [-0.3, -0.25) is 4.79 Å². The van der Waals surface area contributed by atoms with Gasteiger partial charge in [0.25, 0.3) is 0 Å². The molecular formula is C12H18O13. The molecule has 6 atom stereocenters. The van der Waals surface area contributed by atoms with Crippen LogP contribution in [0.3, 0.4) is 0 Å². The van der Waals surface area contributed by atoms with Gasteiger partial charge in [-0.2, -0.15) is 0 Å². The molecule has 0 aliphatic rings. The first-order valence-corrected chi connectivity index (χ1v) is 6.64. The molecular weight excluding hydrogens is 352 g/mol. The van der Waals surface area contributed by atoms with Crippen molar-refractivity contribution < 1.29 is 64.8 Å². The Morgan fingerprint density at radius 1 is 0.800 bits per heavy atom. The molecule has 25 heavy (non-hydrogen) atoms. The average molecular weight is 370 g/mol. The third kappa shape index (κ3) is 6.69. The minimum atomic E-state index is -2.61. The Morgan fingerprint density at radius 2 is 1.32 bits per heavy atom. The standard InChI is InChI=1S/C12H18O13/c13-2-5(16)3(14)1-4(15)12(24)25-9(11(22)23)7(18)6(17)8(19)10(20)21/h3,5-9,13-14,16-19H,1-2H2,(H,20,21)(H,22,23)/t3-,5-,6-,7+,8+,9-/m0/s1. The molecule has 0 aromatic heterocycles. The van der Waals surface area contributed by atoms with Crippen LogP contribution in [-0.2, 0) is 23.9 Å². The van der Waals surface area contributed by atoms with E-state index in [0.29, 0.717) is 0 Å². The lowest BCUT2D eigenvalue weighted by Crippen LogP contribution is -2.52. The number of hydrogen-bond donors (Lipinski definition) is 8. The van der Waals surface area contributed by atoms with Gasteiger partial charge in [-0.05, 0) is 0 Å². The molecule has 13 heteroatoms. The summed E-state index contributed by atoms with van der Waals surface area (Å²) in [6, 6.07) is 0. The van der Waals surface area contributed by atoms with E-state index in [2.05, 4.69) is 4.74 Å². The molecule has 0 bridgehead atoms. The number of ether oxygens (including phenoxy) is 1. The quantitative estimate of drug-likeness (QED) is 0.125.